The summed E-state index contributed by atoms with van der Waals surface area (Å²) in [7, 11) is 3.43. The van der Waals surface area contributed by atoms with Gasteiger partial charge in [-0.15, -0.1) is 0 Å². The number of carboxylic acid groups (broad SMARTS) is 1. The Hall–Kier alpha value is -2.57. The number of benzene rings is 3. The van der Waals surface area contributed by atoms with Gasteiger partial charge in [-0.25, -0.2) is 4.79 Å². The van der Waals surface area contributed by atoms with Crippen LogP contribution in [0.15, 0.2) is 72.8 Å². The molecule has 0 bridgehead atoms. The molecule has 7 heteroatoms. The van der Waals surface area contributed by atoms with Gasteiger partial charge in [0.2, 0.25) is 0 Å². The van der Waals surface area contributed by atoms with Crippen molar-refractivity contribution in [1.29, 1.82) is 0 Å². The lowest BCUT2D eigenvalue weighted by Crippen LogP contribution is -2.28. The number of hydrogen-bond donors (Lipinski definition) is 1. The maximum absolute atomic E-state index is 11.0. The third-order valence-electron chi connectivity index (χ3n) is 5.63. The second-order valence-electron chi connectivity index (χ2n) is 8.19. The Bertz CT molecular complexity index is 994. The van der Waals surface area contributed by atoms with Gasteiger partial charge in [0, 0.05) is 29.6 Å². The van der Waals surface area contributed by atoms with Gasteiger partial charge in [0.1, 0.15) is 5.75 Å². The Kier molecular flexibility index (Phi) is 9.78. The molecule has 0 aromatic heterocycles. The Morgan fingerprint density at radius 3 is 1.91 bits per heavy atom. The second kappa shape index (κ2) is 12.8. The molecule has 0 aliphatic rings. The van der Waals surface area contributed by atoms with Gasteiger partial charge in [-0.1, -0.05) is 59.6 Å². The fraction of sp³-hybridized carbons (Fsp3) is 0.296. The predicted molar refractivity (Wildman–Crippen MR) is 136 cm³/mol. The molecule has 3 aromatic carbocycles. The molecule has 3 aromatic rings. The molecule has 180 valence electrons. The van der Waals surface area contributed by atoms with Crippen molar-refractivity contribution < 1.29 is 19.4 Å². The highest BCUT2D eigenvalue weighted by Gasteiger charge is 2.18. The van der Waals surface area contributed by atoms with Crippen molar-refractivity contribution >= 4 is 29.2 Å². The minimum absolute atomic E-state index is 0.207. The topological polar surface area (TPSA) is 59.0 Å². The quantitative estimate of drug-likeness (QED) is 0.302. The van der Waals surface area contributed by atoms with E-state index in [1.54, 1.807) is 12.1 Å². The lowest BCUT2D eigenvalue weighted by atomic mass is 9.91. The number of ether oxygens (including phenoxy) is 2. The highest BCUT2D eigenvalue weighted by Crippen LogP contribution is 2.28. The molecular formula is C27H29Cl2NO4. The molecule has 0 amide bonds. The van der Waals surface area contributed by atoms with Crippen LogP contribution < -0.4 is 4.74 Å². The summed E-state index contributed by atoms with van der Waals surface area (Å²) in [4.78, 5) is 13.4. The summed E-state index contributed by atoms with van der Waals surface area (Å²) in [5, 5.41) is 10.5. The number of halogens is 2. The SMILES string of the molecule is COC(Oc1ccc(CCCN(C)CC(c2ccc(Cl)cc2)c2ccc(Cl)cc2)cc1)C(=O)O. The first-order valence-corrected chi connectivity index (χ1v) is 11.8. The first kappa shape index (κ1) is 26.0. The fourth-order valence-corrected chi connectivity index (χ4v) is 4.06. The van der Waals surface area contributed by atoms with E-state index in [2.05, 4.69) is 36.2 Å². The Morgan fingerprint density at radius 1 is 0.912 bits per heavy atom. The number of carboxylic acids is 1. The van der Waals surface area contributed by atoms with Crippen LogP contribution in [0.5, 0.6) is 5.75 Å². The number of aryl methyl sites for hydroxylation is 1. The van der Waals surface area contributed by atoms with Gasteiger partial charge in [0.15, 0.2) is 0 Å². The number of likely N-dealkylation sites (N-methyl/N-ethyl adjacent to an activating group) is 1. The first-order valence-electron chi connectivity index (χ1n) is 11.1. The predicted octanol–water partition coefficient (Wildman–Crippen LogP) is 6.13. The molecule has 0 aliphatic heterocycles. The summed E-state index contributed by atoms with van der Waals surface area (Å²) >= 11 is 12.2. The number of nitrogens with zero attached hydrogens (tertiary/aromatic N) is 1. The van der Waals surface area contributed by atoms with E-state index in [9.17, 15) is 4.79 Å². The van der Waals surface area contributed by atoms with Gasteiger partial charge in [-0.2, -0.15) is 0 Å². The van der Waals surface area contributed by atoms with Crippen LogP contribution in [0.2, 0.25) is 10.0 Å². The highest BCUT2D eigenvalue weighted by atomic mass is 35.5. The van der Waals surface area contributed by atoms with E-state index in [1.165, 1.54) is 18.2 Å². The molecule has 0 saturated heterocycles. The summed E-state index contributed by atoms with van der Waals surface area (Å²) in [5.41, 5.74) is 3.59. The van der Waals surface area contributed by atoms with E-state index in [0.29, 0.717) is 5.75 Å². The summed E-state index contributed by atoms with van der Waals surface area (Å²) in [6, 6.07) is 23.5. The van der Waals surface area contributed by atoms with Crippen LogP contribution >= 0.6 is 23.2 Å². The molecule has 0 saturated carbocycles. The number of hydrogen-bond acceptors (Lipinski definition) is 4. The van der Waals surface area contributed by atoms with Gasteiger partial charge < -0.3 is 19.5 Å². The van der Waals surface area contributed by atoms with Crippen molar-refractivity contribution in [1.82, 2.24) is 4.90 Å². The zero-order valence-corrected chi connectivity index (χ0v) is 20.8. The van der Waals surface area contributed by atoms with Crippen LogP contribution in [0.3, 0.4) is 0 Å². The van der Waals surface area contributed by atoms with Gasteiger partial charge >= 0.3 is 5.97 Å². The van der Waals surface area contributed by atoms with E-state index >= 15 is 0 Å². The van der Waals surface area contributed by atoms with Gasteiger partial charge in [-0.05, 0) is 79.5 Å². The number of methoxy groups -OCH3 is 1. The summed E-state index contributed by atoms with van der Waals surface area (Å²) in [5.74, 6) is -0.493. The fourth-order valence-electron chi connectivity index (χ4n) is 3.81. The van der Waals surface area contributed by atoms with E-state index in [-0.39, 0.29) is 5.92 Å². The minimum Gasteiger partial charge on any atom is -0.477 e. The van der Waals surface area contributed by atoms with Crippen molar-refractivity contribution in [3.63, 3.8) is 0 Å². The zero-order valence-electron chi connectivity index (χ0n) is 19.3. The molecule has 1 atom stereocenters. The number of carbonyl (C=O) groups is 1. The van der Waals surface area contributed by atoms with Gasteiger partial charge in [-0.3, -0.25) is 0 Å². The Morgan fingerprint density at radius 2 is 1.44 bits per heavy atom. The summed E-state index contributed by atoms with van der Waals surface area (Å²) < 4.78 is 10.1. The zero-order chi connectivity index (χ0) is 24.5. The van der Waals surface area contributed by atoms with Crippen LogP contribution in [0.4, 0.5) is 0 Å². The minimum atomic E-state index is -1.31. The summed E-state index contributed by atoms with van der Waals surface area (Å²) in [6.45, 7) is 1.80. The second-order valence-corrected chi connectivity index (χ2v) is 9.06. The molecule has 0 fully saturated rings. The van der Waals surface area contributed by atoms with Crippen molar-refractivity contribution in [2.45, 2.75) is 25.0 Å². The molecule has 0 aliphatic carbocycles. The van der Waals surface area contributed by atoms with Crippen molar-refractivity contribution in [2.24, 2.45) is 0 Å². The molecule has 0 radical (unpaired) electrons. The molecule has 0 heterocycles. The number of aliphatic carboxylic acids is 1. The molecule has 1 N–H and O–H groups in total. The maximum atomic E-state index is 11.0. The molecule has 5 nitrogen and oxygen atoms in total. The van der Waals surface area contributed by atoms with Crippen LogP contribution in [-0.2, 0) is 16.0 Å². The average Bonchev–Trinajstić information content (AvgIpc) is 2.83. The highest BCUT2D eigenvalue weighted by molar-refractivity contribution is 6.30. The smallest absolute Gasteiger partial charge is 0.373 e. The lowest BCUT2D eigenvalue weighted by molar-refractivity contribution is -0.166. The van der Waals surface area contributed by atoms with Crippen LogP contribution in [-0.4, -0.2) is 49.5 Å². The van der Waals surface area contributed by atoms with E-state index in [4.69, 9.17) is 37.8 Å². The average molecular weight is 502 g/mol. The standard InChI is InChI=1S/C27H29Cl2NO4/c1-30(17-3-4-19-5-15-24(16-6-19)34-27(33-2)26(31)32)18-25(20-7-11-22(28)12-8-20)21-9-13-23(29)14-10-21/h5-16,25,27H,3-4,17-18H2,1-2H3,(H,31,32). The van der Waals surface area contributed by atoms with E-state index in [1.807, 2.05) is 36.4 Å². The van der Waals surface area contributed by atoms with Crippen LogP contribution in [0, 0.1) is 0 Å². The largest absolute Gasteiger partial charge is 0.477 e. The van der Waals surface area contributed by atoms with Gasteiger partial charge in [0.05, 0.1) is 0 Å². The maximum Gasteiger partial charge on any atom is 0.373 e. The van der Waals surface area contributed by atoms with Crippen molar-refractivity contribution in [2.75, 3.05) is 27.2 Å². The van der Waals surface area contributed by atoms with Crippen LogP contribution in [0.1, 0.15) is 29.0 Å². The molecular weight excluding hydrogens is 473 g/mol. The number of rotatable bonds is 12. The van der Waals surface area contributed by atoms with Gasteiger partial charge in [0.25, 0.3) is 6.29 Å². The normalized spacial score (nSPS) is 12.2. The summed E-state index contributed by atoms with van der Waals surface area (Å²) in [6.07, 6.45) is 0.582. The van der Waals surface area contributed by atoms with Crippen LogP contribution in [0.25, 0.3) is 0 Å². The molecule has 1 unspecified atom stereocenters. The lowest BCUT2D eigenvalue weighted by Gasteiger charge is -2.25. The van der Waals surface area contributed by atoms with E-state index in [0.717, 1.165) is 41.5 Å². The first-order chi connectivity index (χ1) is 16.4. The third-order valence-corrected chi connectivity index (χ3v) is 6.13. The molecule has 3 rings (SSSR count). The molecule has 0 spiro atoms. The monoisotopic (exact) mass is 501 g/mol. The Balaban J connectivity index is 1.56. The molecule has 34 heavy (non-hydrogen) atoms. The third kappa shape index (κ3) is 7.74. The Labute approximate surface area is 210 Å². The van der Waals surface area contributed by atoms with E-state index < -0.39 is 12.3 Å². The van der Waals surface area contributed by atoms with Crippen molar-refractivity contribution in [3.8, 4) is 5.75 Å². The van der Waals surface area contributed by atoms with Crippen molar-refractivity contribution in [3.05, 3.63) is 99.5 Å².